The second kappa shape index (κ2) is 10.5. The highest BCUT2D eigenvalue weighted by Crippen LogP contribution is 2.23. The molecule has 2 amide bonds. The van der Waals surface area contributed by atoms with Gasteiger partial charge in [-0.3, -0.25) is 4.84 Å². The summed E-state index contributed by atoms with van der Waals surface area (Å²) in [4.78, 5) is 36.8. The summed E-state index contributed by atoms with van der Waals surface area (Å²) in [5, 5.41) is 3.68. The minimum atomic E-state index is -0.994. The van der Waals surface area contributed by atoms with Crippen LogP contribution in [0.3, 0.4) is 0 Å². The number of benzene rings is 1. The molecule has 0 aliphatic rings. The normalized spacial score (nSPS) is 8.96. The fourth-order valence-electron chi connectivity index (χ4n) is 1.18. The fourth-order valence-corrected chi connectivity index (χ4v) is 1.30. The Bertz CT molecular complexity index is 567. The third kappa shape index (κ3) is 7.57. The summed E-state index contributed by atoms with van der Waals surface area (Å²) >= 11 is 10.5. The van der Waals surface area contributed by atoms with Crippen molar-refractivity contribution in [3.8, 4) is 0 Å². The summed E-state index contributed by atoms with van der Waals surface area (Å²) < 4.78 is 8.22. The lowest BCUT2D eigenvalue weighted by Crippen LogP contribution is -2.39. The zero-order valence-corrected chi connectivity index (χ0v) is 14.4. The van der Waals surface area contributed by atoms with E-state index in [0.717, 1.165) is 17.7 Å². The zero-order valence-electron chi connectivity index (χ0n) is 12.9. The first-order valence-corrected chi connectivity index (χ1v) is 6.79. The molecule has 128 valence electrons. The molecule has 0 saturated heterocycles. The molecular weight excluding hydrogens is 351 g/mol. The number of hydrogen-bond donors (Lipinski definition) is 1. The van der Waals surface area contributed by atoms with Gasteiger partial charge in [-0.25, -0.2) is 14.4 Å². The molecule has 1 N–H and O–H groups in total. The molecule has 0 aliphatic heterocycles. The van der Waals surface area contributed by atoms with Crippen molar-refractivity contribution >= 4 is 46.5 Å². The molecule has 0 bridgehead atoms. The smallest absolute Gasteiger partial charge is 0.457 e. The first-order valence-electron chi connectivity index (χ1n) is 6.04. The highest BCUT2D eigenvalue weighted by molar-refractivity contribution is 6.61. The van der Waals surface area contributed by atoms with Crippen LogP contribution in [-0.2, 0) is 14.3 Å². The van der Waals surface area contributed by atoms with Gasteiger partial charge in [0.1, 0.15) is 0 Å². The van der Waals surface area contributed by atoms with Crippen LogP contribution in [0.25, 0.3) is 0 Å². The topological polar surface area (TPSA) is 94.2 Å². The SMILES string of the molecule is CNC(=O)N(OC(=O)OC)c1ccc(Cl)c(C)c1.COC(=O)Cl. The molecule has 0 spiro atoms. The number of amides is 2. The van der Waals surface area contributed by atoms with Crippen LogP contribution in [0.4, 0.5) is 20.1 Å². The molecule has 0 aliphatic carbocycles. The number of carbonyl (C=O) groups is 3. The van der Waals surface area contributed by atoms with E-state index in [1.54, 1.807) is 25.1 Å². The van der Waals surface area contributed by atoms with Gasteiger partial charge >= 0.3 is 17.6 Å². The van der Waals surface area contributed by atoms with Crippen molar-refractivity contribution < 1.29 is 28.7 Å². The second-order valence-electron chi connectivity index (χ2n) is 3.77. The minimum absolute atomic E-state index is 0.363. The Morgan fingerprint density at radius 2 is 1.74 bits per heavy atom. The molecule has 23 heavy (non-hydrogen) atoms. The largest absolute Gasteiger partial charge is 0.533 e. The molecular formula is C13H16Cl2N2O6. The van der Waals surface area contributed by atoms with Crippen LogP contribution in [0.1, 0.15) is 5.56 Å². The van der Waals surface area contributed by atoms with E-state index in [0.29, 0.717) is 10.7 Å². The summed E-state index contributed by atoms with van der Waals surface area (Å²) in [6.45, 7) is 1.77. The standard InChI is InChI=1S/C11H13ClN2O4.C2H3ClO2/c1-7-6-8(4-5-9(7)12)14(10(15)13-2)18-11(16)17-3;1-5-2(3)4/h4-6H,1-3H3,(H,13,15);1H3. The molecule has 1 aromatic rings. The number of ether oxygens (including phenoxy) is 2. The quantitative estimate of drug-likeness (QED) is 0.464. The van der Waals surface area contributed by atoms with Crippen LogP contribution in [0.5, 0.6) is 0 Å². The van der Waals surface area contributed by atoms with Crippen LogP contribution in [0, 0.1) is 6.92 Å². The first-order chi connectivity index (χ1) is 10.8. The fraction of sp³-hybridized carbons (Fsp3) is 0.308. The van der Waals surface area contributed by atoms with E-state index >= 15 is 0 Å². The highest BCUT2D eigenvalue weighted by Gasteiger charge is 2.20. The van der Waals surface area contributed by atoms with Gasteiger partial charge in [-0.2, -0.15) is 0 Å². The Labute approximate surface area is 143 Å². The lowest BCUT2D eigenvalue weighted by atomic mass is 10.2. The molecule has 10 heteroatoms. The first kappa shape index (κ1) is 20.8. The number of aryl methyl sites for hydroxylation is 1. The summed E-state index contributed by atoms with van der Waals surface area (Å²) in [6, 6.07) is 4.15. The molecule has 1 aromatic carbocycles. The second-order valence-corrected chi connectivity index (χ2v) is 4.49. The lowest BCUT2D eigenvalue weighted by Gasteiger charge is -2.20. The van der Waals surface area contributed by atoms with Gasteiger partial charge in [-0.15, -0.1) is 5.06 Å². The van der Waals surface area contributed by atoms with E-state index in [1.165, 1.54) is 14.2 Å². The van der Waals surface area contributed by atoms with E-state index in [9.17, 15) is 14.4 Å². The Kier molecular flexibility index (Phi) is 9.52. The van der Waals surface area contributed by atoms with Gasteiger partial charge in [-0.05, 0) is 30.7 Å². The van der Waals surface area contributed by atoms with Crippen molar-refractivity contribution in [3.63, 3.8) is 0 Å². The molecule has 0 aromatic heterocycles. The Hall–Kier alpha value is -2.19. The molecule has 1 rings (SSSR count). The maximum absolute atomic E-state index is 11.6. The molecule has 0 saturated carbocycles. The number of anilines is 1. The van der Waals surface area contributed by atoms with Crippen LogP contribution in [0.15, 0.2) is 18.2 Å². The summed E-state index contributed by atoms with van der Waals surface area (Å²) in [7, 11) is 3.78. The number of nitrogens with zero attached hydrogens (tertiary/aromatic N) is 1. The van der Waals surface area contributed by atoms with E-state index < -0.39 is 17.6 Å². The molecule has 0 radical (unpaired) electrons. The number of halogens is 2. The van der Waals surface area contributed by atoms with Gasteiger partial charge in [-0.1, -0.05) is 11.6 Å². The third-order valence-electron chi connectivity index (χ3n) is 2.27. The zero-order chi connectivity index (χ0) is 18.0. The number of carbonyl (C=O) groups excluding carboxylic acids is 3. The van der Waals surface area contributed by atoms with Crippen LogP contribution < -0.4 is 10.4 Å². The van der Waals surface area contributed by atoms with Crippen molar-refractivity contribution in [3.05, 3.63) is 28.8 Å². The molecule has 0 unspecified atom stereocenters. The molecule has 0 atom stereocenters. The predicted molar refractivity (Wildman–Crippen MR) is 84.9 cm³/mol. The van der Waals surface area contributed by atoms with E-state index in [4.69, 9.17) is 16.4 Å². The summed E-state index contributed by atoms with van der Waals surface area (Å²) in [6.07, 6.45) is -0.994. The van der Waals surface area contributed by atoms with Crippen molar-refractivity contribution in [2.75, 3.05) is 26.3 Å². The monoisotopic (exact) mass is 366 g/mol. The Morgan fingerprint density at radius 1 is 1.17 bits per heavy atom. The van der Waals surface area contributed by atoms with Crippen molar-refractivity contribution in [2.45, 2.75) is 6.92 Å². The maximum atomic E-state index is 11.6. The number of hydroxylamine groups is 1. The van der Waals surface area contributed by atoms with E-state index in [2.05, 4.69) is 26.4 Å². The van der Waals surface area contributed by atoms with E-state index in [1.807, 2.05) is 0 Å². The van der Waals surface area contributed by atoms with Crippen molar-refractivity contribution in [2.24, 2.45) is 0 Å². The van der Waals surface area contributed by atoms with Crippen LogP contribution in [-0.4, -0.2) is 38.9 Å². The van der Waals surface area contributed by atoms with Crippen LogP contribution in [0.2, 0.25) is 5.02 Å². The van der Waals surface area contributed by atoms with Gasteiger partial charge in [0, 0.05) is 23.7 Å². The number of methoxy groups -OCH3 is 2. The van der Waals surface area contributed by atoms with Crippen LogP contribution >= 0.6 is 23.2 Å². The predicted octanol–water partition coefficient (Wildman–Crippen LogP) is 3.48. The van der Waals surface area contributed by atoms with E-state index in [-0.39, 0.29) is 0 Å². The average Bonchev–Trinajstić information content (AvgIpc) is 2.54. The van der Waals surface area contributed by atoms with Gasteiger partial charge in [0.25, 0.3) is 0 Å². The number of urea groups is 1. The molecule has 0 heterocycles. The lowest BCUT2D eigenvalue weighted by molar-refractivity contribution is 0.0682. The van der Waals surface area contributed by atoms with Gasteiger partial charge in [0.2, 0.25) is 0 Å². The number of rotatable bonds is 1. The van der Waals surface area contributed by atoms with Gasteiger partial charge in [0.15, 0.2) is 0 Å². The molecule has 8 nitrogen and oxygen atoms in total. The summed E-state index contributed by atoms with van der Waals surface area (Å²) in [5.41, 5.74) is 0.336. The van der Waals surface area contributed by atoms with Crippen molar-refractivity contribution in [1.29, 1.82) is 0 Å². The summed E-state index contributed by atoms with van der Waals surface area (Å²) in [5.74, 6) is 0. The van der Waals surface area contributed by atoms with Crippen molar-refractivity contribution in [1.82, 2.24) is 5.32 Å². The molecule has 0 fully saturated rings. The van der Waals surface area contributed by atoms with Gasteiger partial charge < -0.3 is 14.8 Å². The number of nitrogens with one attached hydrogen (secondary N) is 1. The third-order valence-corrected chi connectivity index (χ3v) is 2.85. The average molecular weight is 367 g/mol. The number of hydrogen-bond acceptors (Lipinski definition) is 6. The maximum Gasteiger partial charge on any atom is 0.533 e. The minimum Gasteiger partial charge on any atom is -0.457 e. The van der Waals surface area contributed by atoms with Gasteiger partial charge in [0.05, 0.1) is 19.9 Å². The Balaban J connectivity index is 0.000000841. The Morgan fingerprint density at radius 3 is 2.13 bits per heavy atom. The highest BCUT2D eigenvalue weighted by atomic mass is 35.5.